The fourth-order valence-corrected chi connectivity index (χ4v) is 2.53. The van der Waals surface area contributed by atoms with Crippen molar-refractivity contribution in [2.45, 2.75) is 59.9 Å². The summed E-state index contributed by atoms with van der Waals surface area (Å²) in [5, 5.41) is 4.20. The molecule has 0 aromatic carbocycles. The Labute approximate surface area is 122 Å². The van der Waals surface area contributed by atoms with Crippen molar-refractivity contribution in [2.75, 3.05) is 6.54 Å². The van der Waals surface area contributed by atoms with Gasteiger partial charge in [0, 0.05) is 25.6 Å². The molecule has 2 N–H and O–H groups in total. The molecule has 0 aliphatic carbocycles. The van der Waals surface area contributed by atoms with Gasteiger partial charge in [-0.3, -0.25) is 9.48 Å². The highest BCUT2D eigenvalue weighted by atomic mass is 16.1. The number of ketones is 1. The van der Waals surface area contributed by atoms with Crippen molar-refractivity contribution in [1.82, 2.24) is 9.78 Å². The zero-order valence-electron chi connectivity index (χ0n) is 13.4. The van der Waals surface area contributed by atoms with Crippen LogP contribution in [0.5, 0.6) is 0 Å². The monoisotopic (exact) mass is 279 g/mol. The first-order valence-corrected chi connectivity index (χ1v) is 7.60. The van der Waals surface area contributed by atoms with Crippen molar-refractivity contribution >= 4 is 5.78 Å². The maximum absolute atomic E-state index is 12.1. The lowest BCUT2D eigenvalue weighted by atomic mass is 9.76. The van der Waals surface area contributed by atoms with Crippen LogP contribution in [0.15, 0.2) is 12.4 Å². The summed E-state index contributed by atoms with van der Waals surface area (Å²) in [5.74, 6) is 0.807. The standard InChI is InChI=1S/C16H29N3O/c1-5-19-12-13(11-18-19)10-15(20)7-6-14(8-9-17)16(2,3)4/h11-12,14H,5-10,17H2,1-4H3. The minimum absolute atomic E-state index is 0.215. The fourth-order valence-electron chi connectivity index (χ4n) is 2.53. The second-order valence-electron chi connectivity index (χ2n) is 6.60. The summed E-state index contributed by atoms with van der Waals surface area (Å²) in [6.45, 7) is 10.3. The van der Waals surface area contributed by atoms with E-state index in [4.69, 9.17) is 5.73 Å². The van der Waals surface area contributed by atoms with Gasteiger partial charge in [0.05, 0.1) is 6.20 Å². The number of carbonyl (C=O) groups excluding carboxylic acids is 1. The molecule has 4 heteroatoms. The molecule has 0 saturated heterocycles. The van der Waals surface area contributed by atoms with Gasteiger partial charge in [0.25, 0.3) is 0 Å². The summed E-state index contributed by atoms with van der Waals surface area (Å²) < 4.78 is 1.86. The Kier molecular flexibility index (Phi) is 6.40. The van der Waals surface area contributed by atoms with Gasteiger partial charge in [-0.2, -0.15) is 5.10 Å². The molecular weight excluding hydrogens is 250 g/mol. The van der Waals surface area contributed by atoms with Crippen LogP contribution in [0.4, 0.5) is 0 Å². The van der Waals surface area contributed by atoms with Crippen molar-refractivity contribution in [3.63, 3.8) is 0 Å². The second kappa shape index (κ2) is 7.58. The van der Waals surface area contributed by atoms with Crippen LogP contribution in [-0.4, -0.2) is 22.1 Å². The summed E-state index contributed by atoms with van der Waals surface area (Å²) >= 11 is 0. The Bertz CT molecular complexity index is 418. The maximum atomic E-state index is 12.1. The van der Waals surface area contributed by atoms with E-state index in [0.29, 0.717) is 31.1 Å². The van der Waals surface area contributed by atoms with Crippen LogP contribution in [0.3, 0.4) is 0 Å². The van der Waals surface area contributed by atoms with Crippen LogP contribution in [0.25, 0.3) is 0 Å². The number of nitrogens with two attached hydrogens (primary N) is 1. The quantitative estimate of drug-likeness (QED) is 0.796. The largest absolute Gasteiger partial charge is 0.330 e. The molecule has 114 valence electrons. The molecule has 1 rings (SSSR count). The zero-order valence-corrected chi connectivity index (χ0v) is 13.4. The molecule has 0 aliphatic heterocycles. The minimum atomic E-state index is 0.215. The second-order valence-corrected chi connectivity index (χ2v) is 6.60. The summed E-state index contributed by atoms with van der Waals surface area (Å²) in [4.78, 5) is 12.1. The third-order valence-corrected chi connectivity index (χ3v) is 3.92. The molecule has 4 nitrogen and oxygen atoms in total. The molecule has 1 heterocycles. The molecule has 0 spiro atoms. The Hall–Kier alpha value is -1.16. The van der Waals surface area contributed by atoms with E-state index in [9.17, 15) is 4.79 Å². The van der Waals surface area contributed by atoms with E-state index < -0.39 is 0 Å². The van der Waals surface area contributed by atoms with Crippen molar-refractivity contribution in [3.8, 4) is 0 Å². The zero-order chi connectivity index (χ0) is 15.2. The lowest BCUT2D eigenvalue weighted by molar-refractivity contribution is -0.118. The molecule has 0 saturated carbocycles. The van der Waals surface area contributed by atoms with Crippen LogP contribution in [0, 0.1) is 11.3 Å². The molecule has 0 bridgehead atoms. The third-order valence-electron chi connectivity index (χ3n) is 3.92. The first-order chi connectivity index (χ1) is 9.36. The number of hydrogen-bond acceptors (Lipinski definition) is 3. The summed E-state index contributed by atoms with van der Waals surface area (Å²) in [7, 11) is 0. The number of aryl methyl sites for hydroxylation is 1. The normalized spacial score (nSPS) is 13.4. The lowest BCUT2D eigenvalue weighted by Gasteiger charge is -2.30. The third kappa shape index (κ3) is 5.45. The predicted octanol–water partition coefficient (Wildman–Crippen LogP) is 2.81. The average molecular weight is 279 g/mol. The van der Waals surface area contributed by atoms with E-state index in [1.807, 2.05) is 17.8 Å². The van der Waals surface area contributed by atoms with Gasteiger partial charge in [-0.15, -0.1) is 0 Å². The van der Waals surface area contributed by atoms with Crippen molar-refractivity contribution in [1.29, 1.82) is 0 Å². The minimum Gasteiger partial charge on any atom is -0.330 e. The number of aromatic nitrogens is 2. The van der Waals surface area contributed by atoms with E-state index in [1.54, 1.807) is 6.20 Å². The SMILES string of the molecule is CCn1cc(CC(=O)CCC(CCN)C(C)(C)C)cn1. The number of rotatable bonds is 8. The van der Waals surface area contributed by atoms with Gasteiger partial charge < -0.3 is 5.73 Å². The molecule has 0 fully saturated rings. The van der Waals surface area contributed by atoms with Crippen LogP contribution in [0.2, 0.25) is 0 Å². The van der Waals surface area contributed by atoms with Crippen molar-refractivity contribution in [2.24, 2.45) is 17.1 Å². The molecule has 0 aliphatic rings. The molecule has 1 aromatic rings. The van der Waals surface area contributed by atoms with Gasteiger partial charge in [0.2, 0.25) is 0 Å². The Balaban J connectivity index is 2.45. The molecule has 1 atom stereocenters. The van der Waals surface area contributed by atoms with Crippen LogP contribution < -0.4 is 5.73 Å². The number of hydrogen-bond donors (Lipinski definition) is 1. The van der Waals surface area contributed by atoms with E-state index in [1.165, 1.54) is 0 Å². The average Bonchev–Trinajstić information content (AvgIpc) is 2.80. The Morgan fingerprint density at radius 2 is 2.10 bits per heavy atom. The van der Waals surface area contributed by atoms with Gasteiger partial charge in [-0.25, -0.2) is 0 Å². The van der Waals surface area contributed by atoms with Crippen molar-refractivity contribution in [3.05, 3.63) is 18.0 Å². The van der Waals surface area contributed by atoms with Gasteiger partial charge in [0.1, 0.15) is 5.78 Å². The molecule has 20 heavy (non-hydrogen) atoms. The van der Waals surface area contributed by atoms with E-state index in [-0.39, 0.29) is 5.41 Å². The summed E-state index contributed by atoms with van der Waals surface area (Å²) in [5.41, 5.74) is 6.91. The van der Waals surface area contributed by atoms with E-state index >= 15 is 0 Å². The van der Waals surface area contributed by atoms with Crippen LogP contribution in [-0.2, 0) is 17.8 Å². The number of carbonyl (C=O) groups is 1. The van der Waals surface area contributed by atoms with E-state index in [0.717, 1.165) is 24.9 Å². The smallest absolute Gasteiger partial charge is 0.137 e. The lowest BCUT2D eigenvalue weighted by Crippen LogP contribution is -2.24. The van der Waals surface area contributed by atoms with Crippen LogP contribution >= 0.6 is 0 Å². The highest BCUT2D eigenvalue weighted by molar-refractivity contribution is 5.80. The molecule has 1 aromatic heterocycles. The Morgan fingerprint density at radius 1 is 1.40 bits per heavy atom. The molecular formula is C16H29N3O. The van der Waals surface area contributed by atoms with Crippen molar-refractivity contribution < 1.29 is 4.79 Å². The number of Topliss-reactive ketones (excluding diaryl/α,β-unsaturated/α-hetero) is 1. The topological polar surface area (TPSA) is 60.9 Å². The highest BCUT2D eigenvalue weighted by Gasteiger charge is 2.24. The maximum Gasteiger partial charge on any atom is 0.137 e. The summed E-state index contributed by atoms with van der Waals surface area (Å²) in [6.07, 6.45) is 6.81. The van der Waals surface area contributed by atoms with Gasteiger partial charge in [-0.1, -0.05) is 20.8 Å². The first-order valence-electron chi connectivity index (χ1n) is 7.60. The van der Waals surface area contributed by atoms with Crippen LogP contribution in [0.1, 0.15) is 52.5 Å². The molecule has 0 amide bonds. The highest BCUT2D eigenvalue weighted by Crippen LogP contribution is 2.32. The Morgan fingerprint density at radius 3 is 2.60 bits per heavy atom. The fraction of sp³-hybridized carbons (Fsp3) is 0.750. The van der Waals surface area contributed by atoms with Gasteiger partial charge >= 0.3 is 0 Å². The summed E-state index contributed by atoms with van der Waals surface area (Å²) in [6, 6.07) is 0. The molecule has 1 unspecified atom stereocenters. The van der Waals surface area contributed by atoms with Gasteiger partial charge in [-0.05, 0) is 43.2 Å². The number of nitrogens with zero attached hydrogens (tertiary/aromatic N) is 2. The van der Waals surface area contributed by atoms with Gasteiger partial charge in [0.15, 0.2) is 0 Å². The molecule has 0 radical (unpaired) electrons. The predicted molar refractivity (Wildman–Crippen MR) is 82.5 cm³/mol. The van der Waals surface area contributed by atoms with E-state index in [2.05, 4.69) is 25.9 Å². The first kappa shape index (κ1) is 16.9.